The Kier molecular flexibility index (Phi) is 4.14. The number of rotatable bonds is 2. The van der Waals surface area contributed by atoms with Gasteiger partial charge in [0.25, 0.3) is 5.91 Å². The fourth-order valence-electron chi connectivity index (χ4n) is 2.37. The summed E-state index contributed by atoms with van der Waals surface area (Å²) in [7, 11) is 0. The number of amides is 1. The van der Waals surface area contributed by atoms with Crippen LogP contribution < -0.4 is 0 Å². The molecule has 1 aromatic rings. The van der Waals surface area contributed by atoms with E-state index < -0.39 is 12.0 Å². The average molecular weight is 262 g/mol. The van der Waals surface area contributed by atoms with Gasteiger partial charge in [0, 0.05) is 18.4 Å². The van der Waals surface area contributed by atoms with E-state index in [9.17, 15) is 14.7 Å². The van der Waals surface area contributed by atoms with E-state index in [2.05, 4.69) is 4.98 Å². The van der Waals surface area contributed by atoms with Crippen LogP contribution in [0.25, 0.3) is 0 Å². The lowest BCUT2D eigenvalue weighted by molar-refractivity contribution is -0.142. The number of aryl methyl sites for hydroxylation is 1. The van der Waals surface area contributed by atoms with Crippen molar-refractivity contribution in [2.75, 3.05) is 6.54 Å². The smallest absolute Gasteiger partial charge is 0.326 e. The van der Waals surface area contributed by atoms with Crippen LogP contribution in [0.15, 0.2) is 18.3 Å². The van der Waals surface area contributed by atoms with E-state index >= 15 is 0 Å². The summed E-state index contributed by atoms with van der Waals surface area (Å²) >= 11 is 0. The molecule has 0 spiro atoms. The maximum atomic E-state index is 12.4. The predicted molar refractivity (Wildman–Crippen MR) is 69.9 cm³/mol. The zero-order valence-corrected chi connectivity index (χ0v) is 11.0. The normalized spacial score (nSPS) is 19.8. The Labute approximate surface area is 112 Å². The van der Waals surface area contributed by atoms with Crippen LogP contribution in [0.1, 0.15) is 41.7 Å². The topological polar surface area (TPSA) is 70.5 Å². The highest BCUT2D eigenvalue weighted by molar-refractivity contribution is 5.96. The molecule has 1 aliphatic heterocycles. The summed E-state index contributed by atoms with van der Waals surface area (Å²) in [6.07, 6.45) is 4.73. The summed E-state index contributed by atoms with van der Waals surface area (Å²) in [5.41, 5.74) is 1.29. The fraction of sp³-hybridized carbons (Fsp3) is 0.500. The number of carbonyl (C=O) groups is 2. The molecule has 1 unspecified atom stereocenters. The van der Waals surface area contributed by atoms with Crippen LogP contribution in [0.5, 0.6) is 0 Å². The number of aliphatic carboxylic acids is 1. The molecular weight excluding hydrogens is 244 g/mol. The van der Waals surface area contributed by atoms with E-state index in [0.717, 1.165) is 25.0 Å². The van der Waals surface area contributed by atoms with Gasteiger partial charge in [0.1, 0.15) is 6.04 Å². The molecule has 0 radical (unpaired) electrons. The molecule has 1 aliphatic rings. The number of carboxylic acids is 1. The molecular formula is C14H18N2O3. The molecule has 2 heterocycles. The Morgan fingerprint density at radius 1 is 1.32 bits per heavy atom. The molecule has 2 rings (SSSR count). The third-order valence-corrected chi connectivity index (χ3v) is 3.46. The van der Waals surface area contributed by atoms with Gasteiger partial charge in [-0.2, -0.15) is 0 Å². The first-order valence-electron chi connectivity index (χ1n) is 6.56. The van der Waals surface area contributed by atoms with E-state index in [1.54, 1.807) is 12.1 Å². The fourth-order valence-corrected chi connectivity index (χ4v) is 2.37. The number of carboxylic acid groups (broad SMARTS) is 1. The van der Waals surface area contributed by atoms with Crippen molar-refractivity contribution in [3.8, 4) is 0 Å². The Morgan fingerprint density at radius 3 is 2.74 bits per heavy atom. The van der Waals surface area contributed by atoms with Crippen molar-refractivity contribution in [3.05, 3.63) is 29.6 Å². The van der Waals surface area contributed by atoms with E-state index in [1.807, 2.05) is 6.92 Å². The minimum atomic E-state index is -0.921. The number of pyridine rings is 1. The van der Waals surface area contributed by atoms with Gasteiger partial charge in [-0.15, -0.1) is 0 Å². The molecule has 5 heteroatoms. The van der Waals surface area contributed by atoms with Crippen molar-refractivity contribution in [1.29, 1.82) is 0 Å². The van der Waals surface area contributed by atoms with Crippen molar-refractivity contribution < 1.29 is 14.7 Å². The maximum absolute atomic E-state index is 12.4. The molecule has 1 fully saturated rings. The number of hydrogen-bond acceptors (Lipinski definition) is 3. The zero-order valence-electron chi connectivity index (χ0n) is 11.0. The molecule has 0 saturated carbocycles. The lowest BCUT2D eigenvalue weighted by Crippen LogP contribution is -2.44. The second-order valence-electron chi connectivity index (χ2n) is 4.89. The molecule has 1 aromatic heterocycles. The van der Waals surface area contributed by atoms with Gasteiger partial charge in [-0.25, -0.2) is 4.79 Å². The Balaban J connectivity index is 2.23. The molecule has 5 nitrogen and oxygen atoms in total. The number of nitrogens with zero attached hydrogens (tertiary/aromatic N) is 2. The lowest BCUT2D eigenvalue weighted by Gasteiger charge is -2.26. The minimum Gasteiger partial charge on any atom is -0.480 e. The predicted octanol–water partition coefficient (Wildman–Crippen LogP) is 1.86. The molecule has 1 saturated heterocycles. The first-order chi connectivity index (χ1) is 9.09. The monoisotopic (exact) mass is 262 g/mol. The summed E-state index contributed by atoms with van der Waals surface area (Å²) in [6.45, 7) is 2.35. The standard InChI is InChI=1S/C14H18N2O3/c1-10-6-7-11(9-15-10)13(17)16-8-4-2-3-5-12(16)14(18)19/h6-7,9,12H,2-5,8H2,1H3,(H,18,19). The molecule has 19 heavy (non-hydrogen) atoms. The highest BCUT2D eigenvalue weighted by atomic mass is 16.4. The van der Waals surface area contributed by atoms with Crippen LogP contribution in [-0.2, 0) is 4.79 Å². The highest BCUT2D eigenvalue weighted by Gasteiger charge is 2.31. The van der Waals surface area contributed by atoms with Gasteiger partial charge in [0.15, 0.2) is 0 Å². The van der Waals surface area contributed by atoms with E-state index in [-0.39, 0.29) is 5.91 Å². The van der Waals surface area contributed by atoms with Crippen LogP contribution in [0.4, 0.5) is 0 Å². The van der Waals surface area contributed by atoms with E-state index in [4.69, 9.17) is 0 Å². The summed E-state index contributed by atoms with van der Waals surface area (Å²) in [6, 6.07) is 2.76. The summed E-state index contributed by atoms with van der Waals surface area (Å²) < 4.78 is 0. The molecule has 0 aliphatic carbocycles. The first kappa shape index (κ1) is 13.5. The van der Waals surface area contributed by atoms with Crippen molar-refractivity contribution in [2.24, 2.45) is 0 Å². The molecule has 0 aromatic carbocycles. The van der Waals surface area contributed by atoms with Gasteiger partial charge in [-0.3, -0.25) is 9.78 Å². The Morgan fingerprint density at radius 2 is 2.11 bits per heavy atom. The number of likely N-dealkylation sites (tertiary alicyclic amines) is 1. The van der Waals surface area contributed by atoms with Crippen molar-refractivity contribution in [1.82, 2.24) is 9.88 Å². The third kappa shape index (κ3) is 3.10. The van der Waals surface area contributed by atoms with Gasteiger partial charge in [-0.05, 0) is 31.9 Å². The van der Waals surface area contributed by atoms with E-state index in [0.29, 0.717) is 18.5 Å². The van der Waals surface area contributed by atoms with Crippen LogP contribution in [-0.4, -0.2) is 39.5 Å². The van der Waals surface area contributed by atoms with Gasteiger partial charge in [-0.1, -0.05) is 12.8 Å². The Bertz CT molecular complexity index is 470. The third-order valence-electron chi connectivity index (χ3n) is 3.46. The highest BCUT2D eigenvalue weighted by Crippen LogP contribution is 2.19. The molecule has 1 N–H and O–H groups in total. The van der Waals surface area contributed by atoms with Gasteiger partial charge < -0.3 is 10.0 Å². The minimum absolute atomic E-state index is 0.234. The SMILES string of the molecule is Cc1ccc(C(=O)N2CCCCCC2C(=O)O)cn1. The lowest BCUT2D eigenvalue weighted by atomic mass is 10.1. The maximum Gasteiger partial charge on any atom is 0.326 e. The quantitative estimate of drug-likeness (QED) is 0.883. The van der Waals surface area contributed by atoms with Crippen molar-refractivity contribution in [2.45, 2.75) is 38.6 Å². The van der Waals surface area contributed by atoms with Gasteiger partial charge >= 0.3 is 5.97 Å². The number of carbonyl (C=O) groups excluding carboxylic acids is 1. The van der Waals surface area contributed by atoms with Crippen molar-refractivity contribution >= 4 is 11.9 Å². The van der Waals surface area contributed by atoms with Crippen LogP contribution in [0, 0.1) is 6.92 Å². The second kappa shape index (κ2) is 5.82. The number of aromatic nitrogens is 1. The van der Waals surface area contributed by atoms with Gasteiger partial charge in [0.2, 0.25) is 0 Å². The van der Waals surface area contributed by atoms with Gasteiger partial charge in [0.05, 0.1) is 5.56 Å². The molecule has 1 amide bonds. The van der Waals surface area contributed by atoms with Crippen molar-refractivity contribution in [3.63, 3.8) is 0 Å². The number of hydrogen-bond donors (Lipinski definition) is 1. The van der Waals surface area contributed by atoms with Crippen LogP contribution >= 0.6 is 0 Å². The summed E-state index contributed by atoms with van der Waals surface area (Å²) in [5.74, 6) is -1.16. The van der Waals surface area contributed by atoms with Crippen LogP contribution in [0.2, 0.25) is 0 Å². The zero-order chi connectivity index (χ0) is 13.8. The van der Waals surface area contributed by atoms with Crippen LogP contribution in [0.3, 0.4) is 0 Å². The average Bonchev–Trinajstić information content (AvgIpc) is 2.64. The molecule has 102 valence electrons. The summed E-state index contributed by atoms with van der Waals surface area (Å²) in [5, 5.41) is 9.26. The summed E-state index contributed by atoms with van der Waals surface area (Å²) in [4.78, 5) is 29.3. The molecule has 0 bridgehead atoms. The Hall–Kier alpha value is -1.91. The largest absolute Gasteiger partial charge is 0.480 e. The molecule has 1 atom stereocenters. The van der Waals surface area contributed by atoms with E-state index in [1.165, 1.54) is 11.1 Å². The second-order valence-corrected chi connectivity index (χ2v) is 4.89. The first-order valence-corrected chi connectivity index (χ1v) is 6.56.